The highest BCUT2D eigenvalue weighted by atomic mass is 16.8. The first-order chi connectivity index (χ1) is 15.1. The van der Waals surface area contributed by atoms with E-state index in [0.717, 1.165) is 0 Å². The number of cyclic esters (lactones) is 2. The summed E-state index contributed by atoms with van der Waals surface area (Å²) in [7, 11) is 3.24. The molecule has 1 heterocycles. The number of amides is 1. The highest BCUT2D eigenvalue weighted by molar-refractivity contribution is 5.67. The Hall–Kier alpha value is -1.70. The summed E-state index contributed by atoms with van der Waals surface area (Å²) in [5, 5.41) is 11.5. The van der Waals surface area contributed by atoms with Crippen molar-refractivity contribution in [1.82, 2.24) is 5.32 Å². The average molecular weight is 471 g/mol. The van der Waals surface area contributed by atoms with Gasteiger partial charge in [0.1, 0.15) is 19.3 Å². The monoisotopic (exact) mass is 470 g/mol. The number of hydrogen-bond acceptors (Lipinski definition) is 11. The van der Waals surface area contributed by atoms with Crippen molar-refractivity contribution in [2.45, 2.75) is 52.0 Å². The van der Waals surface area contributed by atoms with Gasteiger partial charge in [0.05, 0.1) is 51.8 Å². The Morgan fingerprint density at radius 3 is 2.03 bits per heavy atom. The molecule has 0 aromatic rings. The molecule has 4 atom stereocenters. The zero-order valence-corrected chi connectivity index (χ0v) is 20.2. The minimum absolute atomic E-state index is 0.0108. The molecule has 192 valence electrons. The predicted molar refractivity (Wildman–Crippen MR) is 117 cm³/mol. The number of methoxy groups -OCH3 is 2. The molecule has 1 fully saturated rings. The van der Waals surface area contributed by atoms with E-state index in [2.05, 4.69) is 14.8 Å². The van der Waals surface area contributed by atoms with E-state index in [1.165, 1.54) is 0 Å². The molecule has 1 saturated heterocycles. The van der Waals surface area contributed by atoms with Gasteiger partial charge in [-0.25, -0.2) is 9.59 Å². The fraction of sp³-hybridized carbons (Fsp3) is 0.900. The third-order valence-corrected chi connectivity index (χ3v) is 3.17. The van der Waals surface area contributed by atoms with Crippen LogP contribution in [-0.4, -0.2) is 109 Å². The minimum Gasteiger partial charge on any atom is -0.447 e. The summed E-state index contributed by atoms with van der Waals surface area (Å²) >= 11 is 0. The lowest BCUT2D eigenvalue weighted by Crippen LogP contribution is -2.37. The Balaban J connectivity index is 0. The van der Waals surface area contributed by atoms with Gasteiger partial charge in [-0.2, -0.15) is 0 Å². The van der Waals surface area contributed by atoms with Crippen molar-refractivity contribution < 1.29 is 47.9 Å². The van der Waals surface area contributed by atoms with E-state index in [1.54, 1.807) is 35.0 Å². The van der Waals surface area contributed by atoms with Crippen LogP contribution in [0.15, 0.2) is 0 Å². The van der Waals surface area contributed by atoms with Crippen LogP contribution < -0.4 is 11.1 Å². The molecule has 12 nitrogen and oxygen atoms in total. The Labute approximate surface area is 190 Å². The summed E-state index contributed by atoms with van der Waals surface area (Å²) in [5.41, 5.74) is 5.41. The molecule has 4 N–H and O–H groups in total. The lowest BCUT2D eigenvalue weighted by atomic mass is 10.4. The second-order valence-corrected chi connectivity index (χ2v) is 7.10. The molecular weight excluding hydrogens is 428 g/mol. The number of carbonyl (C=O) groups excluding carboxylic acids is 2. The molecule has 0 aromatic heterocycles. The first-order valence-electron chi connectivity index (χ1n) is 10.5. The van der Waals surface area contributed by atoms with Gasteiger partial charge in [0.15, 0.2) is 0 Å². The Morgan fingerprint density at radius 2 is 1.66 bits per heavy atom. The second kappa shape index (κ2) is 22.5. The van der Waals surface area contributed by atoms with Crippen LogP contribution in [-0.2, 0) is 33.2 Å². The number of rotatable bonds is 13. The zero-order chi connectivity index (χ0) is 24.8. The van der Waals surface area contributed by atoms with Gasteiger partial charge in [-0.3, -0.25) is 0 Å². The number of aliphatic hydroxyl groups excluding tert-OH is 1. The third kappa shape index (κ3) is 26.3. The largest absolute Gasteiger partial charge is 0.508 e. The van der Waals surface area contributed by atoms with E-state index >= 15 is 0 Å². The van der Waals surface area contributed by atoms with Gasteiger partial charge < -0.3 is 49.3 Å². The van der Waals surface area contributed by atoms with Crippen LogP contribution in [0.25, 0.3) is 0 Å². The van der Waals surface area contributed by atoms with Crippen LogP contribution in [0.4, 0.5) is 9.59 Å². The van der Waals surface area contributed by atoms with Crippen LogP contribution in [0.3, 0.4) is 0 Å². The van der Waals surface area contributed by atoms with Crippen LogP contribution in [0.5, 0.6) is 0 Å². The molecule has 1 rings (SSSR count). The van der Waals surface area contributed by atoms with Gasteiger partial charge >= 0.3 is 12.2 Å². The van der Waals surface area contributed by atoms with Crippen LogP contribution >= 0.6 is 0 Å². The average Bonchev–Trinajstić information content (AvgIpc) is 3.10. The number of carbonyl (C=O) groups is 2. The van der Waals surface area contributed by atoms with Crippen molar-refractivity contribution in [1.29, 1.82) is 0 Å². The van der Waals surface area contributed by atoms with Crippen LogP contribution in [0.1, 0.15) is 27.7 Å². The number of alkyl carbamates (subject to hydrolysis) is 1. The fourth-order valence-corrected chi connectivity index (χ4v) is 1.71. The highest BCUT2D eigenvalue weighted by Crippen LogP contribution is 2.02. The predicted octanol–water partition coefficient (Wildman–Crippen LogP) is 0.683. The van der Waals surface area contributed by atoms with E-state index in [4.69, 9.17) is 34.5 Å². The van der Waals surface area contributed by atoms with Crippen LogP contribution in [0.2, 0.25) is 0 Å². The third-order valence-electron chi connectivity index (χ3n) is 3.17. The van der Waals surface area contributed by atoms with E-state index in [9.17, 15) is 9.59 Å². The number of hydrogen-bond donors (Lipinski definition) is 3. The molecule has 4 unspecified atom stereocenters. The maximum atomic E-state index is 11.1. The van der Waals surface area contributed by atoms with Gasteiger partial charge in [-0.15, -0.1) is 0 Å². The highest BCUT2D eigenvalue weighted by Gasteiger charge is 2.19. The molecule has 0 bridgehead atoms. The van der Waals surface area contributed by atoms with Crippen LogP contribution in [0, 0.1) is 0 Å². The first kappa shape index (κ1) is 32.5. The number of aliphatic hydroxyl groups is 1. The van der Waals surface area contributed by atoms with Gasteiger partial charge in [0.2, 0.25) is 0 Å². The maximum Gasteiger partial charge on any atom is 0.508 e. The van der Waals surface area contributed by atoms with Crippen molar-refractivity contribution in [3.05, 3.63) is 0 Å². The van der Waals surface area contributed by atoms with Gasteiger partial charge in [-0.05, 0) is 27.7 Å². The van der Waals surface area contributed by atoms with Gasteiger partial charge in [-0.1, -0.05) is 0 Å². The van der Waals surface area contributed by atoms with Crippen molar-refractivity contribution >= 4 is 12.2 Å². The number of nitrogens with one attached hydrogen (secondary N) is 1. The molecule has 0 aliphatic carbocycles. The topological polar surface area (TPSA) is 157 Å². The SMILES string of the molecule is CC1COC(=O)O1.COCCOCC(C)N.COCCOCC(C)NC(=O)OCC(C)O. The normalized spacial score (nSPS) is 17.4. The standard InChI is InChI=1S/C10H21NO5.C6H15NO2.C4H6O3/c1-8(6-15-5-4-14-3)11-10(13)16-7-9(2)12;1-6(7)5-9-4-3-8-2;1-3-2-6-4(5)7-3/h8-9,12H,4-7H2,1-3H3,(H,11,13);6H,3-5,7H2,1-2H3;3H,2H2,1H3. The summed E-state index contributed by atoms with van der Waals surface area (Å²) < 4.78 is 33.5. The minimum atomic E-state index is -0.654. The Bertz CT molecular complexity index is 452. The number of nitrogens with two attached hydrogens (primary N) is 1. The van der Waals surface area contributed by atoms with Crippen molar-refractivity contribution in [3.63, 3.8) is 0 Å². The van der Waals surface area contributed by atoms with Crippen molar-refractivity contribution in [3.8, 4) is 0 Å². The summed E-state index contributed by atoms with van der Waals surface area (Å²) in [6, 6.07) is -0.0137. The fourth-order valence-electron chi connectivity index (χ4n) is 1.71. The van der Waals surface area contributed by atoms with E-state index in [0.29, 0.717) is 46.2 Å². The maximum absolute atomic E-state index is 11.1. The molecule has 12 heteroatoms. The molecule has 0 saturated carbocycles. The quantitative estimate of drug-likeness (QED) is 0.257. The molecule has 32 heavy (non-hydrogen) atoms. The Morgan fingerprint density at radius 1 is 1.09 bits per heavy atom. The summed E-state index contributed by atoms with van der Waals surface area (Å²) in [4.78, 5) is 21.1. The van der Waals surface area contributed by atoms with Gasteiger partial charge in [0, 0.05) is 20.3 Å². The number of ether oxygens (including phenoxy) is 7. The molecule has 1 amide bonds. The first-order valence-corrected chi connectivity index (χ1v) is 10.5. The smallest absolute Gasteiger partial charge is 0.447 e. The summed E-state index contributed by atoms with van der Waals surface area (Å²) in [6.45, 7) is 10.7. The van der Waals surface area contributed by atoms with Crippen molar-refractivity contribution in [2.24, 2.45) is 5.73 Å². The summed E-state index contributed by atoms with van der Waals surface area (Å²) in [6.07, 6.45) is -1.80. The second-order valence-electron chi connectivity index (χ2n) is 7.10. The molecule has 0 spiro atoms. The van der Waals surface area contributed by atoms with E-state index < -0.39 is 18.4 Å². The molecular formula is C20H42N2O10. The lowest BCUT2D eigenvalue weighted by molar-refractivity contribution is 0.0535. The molecule has 1 aliphatic rings. The van der Waals surface area contributed by atoms with Gasteiger partial charge in [0.25, 0.3) is 0 Å². The zero-order valence-electron chi connectivity index (χ0n) is 20.2. The molecule has 0 radical (unpaired) electrons. The lowest BCUT2D eigenvalue weighted by Gasteiger charge is -2.14. The van der Waals surface area contributed by atoms with E-state index in [-0.39, 0.29) is 24.8 Å². The molecule has 1 aliphatic heterocycles. The van der Waals surface area contributed by atoms with Crippen molar-refractivity contribution in [2.75, 3.05) is 67.1 Å². The Kier molecular flexibility index (Phi) is 22.8. The summed E-state index contributed by atoms with van der Waals surface area (Å²) in [5.74, 6) is 0. The molecule has 0 aromatic carbocycles. The van der Waals surface area contributed by atoms with E-state index in [1.807, 2.05) is 6.92 Å².